The minimum absolute atomic E-state index is 0.0741. The molecule has 5 heteroatoms. The van der Waals surface area contributed by atoms with E-state index in [0.717, 1.165) is 31.4 Å². The van der Waals surface area contributed by atoms with E-state index in [0.29, 0.717) is 18.2 Å². The van der Waals surface area contributed by atoms with Gasteiger partial charge in [0, 0.05) is 45.5 Å². The van der Waals surface area contributed by atoms with E-state index in [2.05, 4.69) is 17.2 Å². The maximum absolute atomic E-state index is 12.7. The Labute approximate surface area is 126 Å². The summed E-state index contributed by atoms with van der Waals surface area (Å²) >= 11 is 0. The van der Waals surface area contributed by atoms with Gasteiger partial charge in [-0.3, -0.25) is 4.79 Å². The monoisotopic (exact) mass is 290 g/mol. The molecule has 3 unspecified atom stereocenters. The van der Waals surface area contributed by atoms with Crippen molar-refractivity contribution < 1.29 is 4.79 Å². The number of nitrogens with one attached hydrogen (secondary N) is 1. The molecule has 2 heterocycles. The van der Waals surface area contributed by atoms with Gasteiger partial charge >= 0.3 is 0 Å². The third kappa shape index (κ3) is 3.12. The molecule has 0 bridgehead atoms. The number of carbonyl (C=O) groups excluding carboxylic acids is 1. The van der Waals surface area contributed by atoms with E-state index in [-0.39, 0.29) is 6.04 Å². The van der Waals surface area contributed by atoms with Crippen LogP contribution >= 0.6 is 0 Å². The van der Waals surface area contributed by atoms with Gasteiger partial charge < -0.3 is 14.8 Å². The second-order valence-corrected chi connectivity index (χ2v) is 6.69. The maximum atomic E-state index is 12.7. The fourth-order valence-electron chi connectivity index (χ4n) is 3.81. The van der Waals surface area contributed by atoms with Crippen molar-refractivity contribution in [3.63, 3.8) is 0 Å². The molecule has 0 spiro atoms. The molecular formula is C16H26N4O. The topological polar surface area (TPSA) is 50.2 Å². The number of aryl methyl sites for hydroxylation is 1. The number of rotatable bonds is 3. The van der Waals surface area contributed by atoms with E-state index >= 15 is 0 Å². The van der Waals surface area contributed by atoms with Crippen molar-refractivity contribution in [1.82, 2.24) is 19.8 Å². The quantitative estimate of drug-likeness (QED) is 0.922. The van der Waals surface area contributed by atoms with Gasteiger partial charge in [-0.05, 0) is 24.7 Å². The minimum Gasteiger partial charge on any atom is -0.336 e. The van der Waals surface area contributed by atoms with Crippen LogP contribution in [-0.2, 0) is 11.8 Å². The number of hydrogen-bond donors (Lipinski definition) is 1. The van der Waals surface area contributed by atoms with Gasteiger partial charge in [-0.25, -0.2) is 4.98 Å². The van der Waals surface area contributed by atoms with Crippen molar-refractivity contribution in [2.45, 2.75) is 38.6 Å². The lowest BCUT2D eigenvalue weighted by atomic mass is 10.0. The van der Waals surface area contributed by atoms with E-state index in [1.807, 2.05) is 28.9 Å². The molecule has 5 nitrogen and oxygen atoms in total. The van der Waals surface area contributed by atoms with Gasteiger partial charge in [0.05, 0.1) is 0 Å². The number of hydrogen-bond acceptors (Lipinski definition) is 3. The highest BCUT2D eigenvalue weighted by atomic mass is 16.2. The first-order valence-electron chi connectivity index (χ1n) is 8.12. The van der Waals surface area contributed by atoms with Gasteiger partial charge in [0.15, 0.2) is 0 Å². The molecule has 21 heavy (non-hydrogen) atoms. The summed E-state index contributed by atoms with van der Waals surface area (Å²) in [6, 6.07) is 0.0741. The molecule has 1 saturated heterocycles. The average Bonchev–Trinajstić information content (AvgIpc) is 3.07. The molecule has 1 aliphatic carbocycles. The van der Waals surface area contributed by atoms with Crippen LogP contribution in [0.25, 0.3) is 0 Å². The number of nitrogens with zero attached hydrogens (tertiary/aromatic N) is 3. The van der Waals surface area contributed by atoms with Crippen LogP contribution in [0.2, 0.25) is 0 Å². The zero-order valence-corrected chi connectivity index (χ0v) is 13.1. The van der Waals surface area contributed by atoms with Crippen molar-refractivity contribution in [2.75, 3.05) is 19.6 Å². The van der Waals surface area contributed by atoms with Gasteiger partial charge in [-0.2, -0.15) is 0 Å². The highest BCUT2D eigenvalue weighted by molar-refractivity contribution is 5.77. The zero-order chi connectivity index (χ0) is 14.8. The van der Waals surface area contributed by atoms with Gasteiger partial charge in [0.25, 0.3) is 0 Å². The number of piperazine rings is 1. The van der Waals surface area contributed by atoms with Crippen molar-refractivity contribution in [1.29, 1.82) is 0 Å². The molecule has 116 valence electrons. The Kier molecular flexibility index (Phi) is 4.29. The predicted molar refractivity (Wildman–Crippen MR) is 81.7 cm³/mol. The average molecular weight is 290 g/mol. The van der Waals surface area contributed by atoms with Crippen molar-refractivity contribution in [3.8, 4) is 0 Å². The van der Waals surface area contributed by atoms with Crippen LogP contribution < -0.4 is 5.32 Å². The summed E-state index contributed by atoms with van der Waals surface area (Å²) in [4.78, 5) is 19.2. The number of amides is 1. The predicted octanol–water partition coefficient (Wildman–Crippen LogP) is 1.72. The first-order valence-corrected chi connectivity index (χ1v) is 8.12. The van der Waals surface area contributed by atoms with Crippen LogP contribution in [0.5, 0.6) is 0 Å². The first kappa shape index (κ1) is 14.6. The Morgan fingerprint density at radius 3 is 3.00 bits per heavy atom. The summed E-state index contributed by atoms with van der Waals surface area (Å²) in [5.41, 5.74) is 0. The molecule has 1 aromatic heterocycles. The Morgan fingerprint density at radius 2 is 2.33 bits per heavy atom. The molecule has 1 aromatic rings. The lowest BCUT2D eigenvalue weighted by Gasteiger charge is -2.36. The van der Waals surface area contributed by atoms with Gasteiger partial charge in [-0.15, -0.1) is 0 Å². The SMILES string of the molecule is CC1CCC(CC(=O)N2CCNCC2c2nccn2C)C1. The maximum Gasteiger partial charge on any atom is 0.223 e. The minimum atomic E-state index is 0.0741. The molecule has 1 saturated carbocycles. The Morgan fingerprint density at radius 1 is 1.48 bits per heavy atom. The van der Waals surface area contributed by atoms with E-state index in [9.17, 15) is 4.79 Å². The summed E-state index contributed by atoms with van der Waals surface area (Å²) < 4.78 is 2.02. The number of aromatic nitrogens is 2. The highest BCUT2D eigenvalue weighted by Gasteiger charge is 2.32. The first-order chi connectivity index (χ1) is 10.1. The number of carbonyl (C=O) groups is 1. The zero-order valence-electron chi connectivity index (χ0n) is 13.1. The molecule has 1 N–H and O–H groups in total. The third-order valence-corrected chi connectivity index (χ3v) is 4.99. The van der Waals surface area contributed by atoms with Gasteiger partial charge in [0.2, 0.25) is 5.91 Å². The van der Waals surface area contributed by atoms with Crippen LogP contribution in [0.15, 0.2) is 12.4 Å². The Bertz CT molecular complexity index is 498. The second-order valence-electron chi connectivity index (χ2n) is 6.69. The number of imidazole rings is 1. The van der Waals surface area contributed by atoms with Gasteiger partial charge in [-0.1, -0.05) is 13.3 Å². The van der Waals surface area contributed by atoms with E-state index in [4.69, 9.17) is 0 Å². The molecule has 3 rings (SSSR count). The van der Waals surface area contributed by atoms with Gasteiger partial charge in [0.1, 0.15) is 11.9 Å². The second kappa shape index (κ2) is 6.18. The smallest absolute Gasteiger partial charge is 0.223 e. The highest BCUT2D eigenvalue weighted by Crippen LogP contribution is 2.33. The lowest BCUT2D eigenvalue weighted by molar-refractivity contribution is -0.135. The summed E-state index contributed by atoms with van der Waals surface area (Å²) in [5.74, 6) is 2.67. The molecule has 0 radical (unpaired) electrons. The summed E-state index contributed by atoms with van der Waals surface area (Å²) in [6.07, 6.45) is 8.18. The molecular weight excluding hydrogens is 264 g/mol. The molecule has 2 fully saturated rings. The fraction of sp³-hybridized carbons (Fsp3) is 0.750. The standard InChI is InChI=1S/C16H26N4O/c1-12-3-4-13(9-12)10-15(21)20-8-5-17-11-14(20)16-18-6-7-19(16)2/h6-7,12-14,17H,3-5,8-11H2,1-2H3. The molecule has 1 amide bonds. The Balaban J connectivity index is 1.69. The van der Waals surface area contributed by atoms with Crippen LogP contribution in [-0.4, -0.2) is 40.0 Å². The summed E-state index contributed by atoms with van der Waals surface area (Å²) in [5, 5.41) is 3.39. The largest absolute Gasteiger partial charge is 0.336 e. The van der Waals surface area contributed by atoms with E-state index in [1.54, 1.807) is 0 Å². The summed E-state index contributed by atoms with van der Waals surface area (Å²) in [6.45, 7) is 4.77. The molecule has 2 aliphatic rings. The van der Waals surface area contributed by atoms with Crippen molar-refractivity contribution >= 4 is 5.91 Å². The van der Waals surface area contributed by atoms with Crippen molar-refractivity contribution in [3.05, 3.63) is 18.2 Å². The molecule has 3 atom stereocenters. The van der Waals surface area contributed by atoms with E-state index in [1.165, 1.54) is 19.3 Å². The van der Waals surface area contributed by atoms with E-state index < -0.39 is 0 Å². The van der Waals surface area contributed by atoms with Crippen molar-refractivity contribution in [2.24, 2.45) is 18.9 Å². The molecule has 1 aliphatic heterocycles. The normalized spacial score (nSPS) is 29.8. The van der Waals surface area contributed by atoms with Crippen LogP contribution in [0, 0.1) is 11.8 Å². The van der Waals surface area contributed by atoms with Crippen LogP contribution in [0.1, 0.15) is 44.5 Å². The summed E-state index contributed by atoms with van der Waals surface area (Å²) in [7, 11) is 2.00. The van der Waals surface area contributed by atoms with Crippen LogP contribution in [0.3, 0.4) is 0 Å². The fourth-order valence-corrected chi connectivity index (χ4v) is 3.81. The third-order valence-electron chi connectivity index (χ3n) is 4.99. The Hall–Kier alpha value is -1.36. The molecule has 0 aromatic carbocycles. The van der Waals surface area contributed by atoms with Crippen LogP contribution in [0.4, 0.5) is 0 Å². The lowest BCUT2D eigenvalue weighted by Crippen LogP contribution is -2.49.